The van der Waals surface area contributed by atoms with Gasteiger partial charge in [-0.05, 0) is 65.9 Å². The average Bonchev–Trinajstić information content (AvgIpc) is 3.23. The van der Waals surface area contributed by atoms with Gasteiger partial charge >= 0.3 is 12.1 Å². The van der Waals surface area contributed by atoms with Crippen molar-refractivity contribution in [2.75, 3.05) is 11.5 Å². The number of hydrogen-bond acceptors (Lipinski definition) is 5. The molecule has 9 heteroatoms. The second kappa shape index (κ2) is 12.4. The Balaban J connectivity index is 0.000000257. The van der Waals surface area contributed by atoms with Gasteiger partial charge in [0.05, 0.1) is 11.8 Å². The smallest absolute Gasteiger partial charge is 0.416 e. The van der Waals surface area contributed by atoms with E-state index in [1.165, 1.54) is 18.4 Å². The molecular formula is C23H28F3N3O3. The molecular weight excluding hydrogens is 423 g/mol. The van der Waals surface area contributed by atoms with Crippen molar-refractivity contribution in [3.05, 3.63) is 83.3 Å². The Bertz CT molecular complexity index is 955. The lowest BCUT2D eigenvalue weighted by molar-refractivity contribution is -0.137. The quantitative estimate of drug-likeness (QED) is 0.404. The zero-order chi connectivity index (χ0) is 24.3. The van der Waals surface area contributed by atoms with E-state index < -0.39 is 17.7 Å². The van der Waals surface area contributed by atoms with Crippen molar-refractivity contribution < 1.29 is 27.5 Å². The van der Waals surface area contributed by atoms with Crippen LogP contribution in [0.1, 0.15) is 41.1 Å². The van der Waals surface area contributed by atoms with Gasteiger partial charge in [0.1, 0.15) is 0 Å². The molecule has 0 aliphatic rings. The number of nitrogen functional groups attached to an aromatic ring is 2. The second-order valence-corrected chi connectivity index (χ2v) is 7.29. The number of anilines is 2. The Morgan fingerprint density at radius 1 is 1.00 bits per heavy atom. The van der Waals surface area contributed by atoms with Gasteiger partial charge in [-0.2, -0.15) is 13.2 Å². The van der Waals surface area contributed by atoms with Crippen LogP contribution in [0.15, 0.2) is 65.3 Å². The first-order chi connectivity index (χ1) is 14.9. The summed E-state index contributed by atoms with van der Waals surface area (Å²) in [6.45, 7) is 4.49. The fourth-order valence-corrected chi connectivity index (χ4v) is 2.53. The highest BCUT2D eigenvalue weighted by Gasteiger charge is 2.30. The third kappa shape index (κ3) is 10.0. The highest BCUT2D eigenvalue weighted by Crippen LogP contribution is 2.31. The molecule has 32 heavy (non-hydrogen) atoms. The maximum Gasteiger partial charge on any atom is 0.416 e. The van der Waals surface area contributed by atoms with E-state index in [-0.39, 0.29) is 11.4 Å². The minimum Gasteiger partial charge on any atom is -0.475 e. The lowest BCUT2D eigenvalue weighted by Gasteiger charge is -2.11. The van der Waals surface area contributed by atoms with Crippen LogP contribution in [0, 0.1) is 5.92 Å². The molecule has 7 N–H and O–H groups in total. The third-order valence-corrected chi connectivity index (χ3v) is 3.93. The monoisotopic (exact) mass is 451 g/mol. The van der Waals surface area contributed by atoms with Gasteiger partial charge in [-0.1, -0.05) is 26.0 Å². The summed E-state index contributed by atoms with van der Waals surface area (Å²) in [4.78, 5) is 9.97. The minimum absolute atomic E-state index is 0.0231. The van der Waals surface area contributed by atoms with E-state index in [1.807, 2.05) is 38.1 Å². The van der Waals surface area contributed by atoms with E-state index in [0.29, 0.717) is 24.4 Å². The van der Waals surface area contributed by atoms with Crippen molar-refractivity contribution in [2.45, 2.75) is 33.0 Å². The van der Waals surface area contributed by atoms with Crippen LogP contribution in [0.2, 0.25) is 0 Å². The highest BCUT2D eigenvalue weighted by atomic mass is 19.4. The van der Waals surface area contributed by atoms with E-state index in [0.717, 1.165) is 23.4 Å². The Hall–Kier alpha value is -3.46. The number of rotatable bonds is 4. The number of carboxylic acid groups (broad SMARTS) is 1. The minimum atomic E-state index is -4.32. The maximum atomic E-state index is 12.4. The molecule has 0 atom stereocenters. The zero-order valence-corrected chi connectivity index (χ0v) is 17.9. The number of furan rings is 1. The van der Waals surface area contributed by atoms with Crippen molar-refractivity contribution in [3.63, 3.8) is 0 Å². The van der Waals surface area contributed by atoms with Crippen molar-refractivity contribution in [1.29, 1.82) is 0 Å². The Kier molecular flexibility index (Phi) is 10.3. The summed E-state index contributed by atoms with van der Waals surface area (Å²) in [5, 5.41) is 8.18. The van der Waals surface area contributed by atoms with Crippen LogP contribution in [0.3, 0.4) is 0 Å². The molecule has 174 valence electrons. The van der Waals surface area contributed by atoms with Crippen LogP contribution in [-0.4, -0.2) is 11.1 Å². The fourth-order valence-electron chi connectivity index (χ4n) is 2.53. The predicted molar refractivity (Wildman–Crippen MR) is 119 cm³/mol. The van der Waals surface area contributed by atoms with E-state index >= 15 is 0 Å². The van der Waals surface area contributed by atoms with Gasteiger partial charge in [0.15, 0.2) is 0 Å². The van der Waals surface area contributed by atoms with Gasteiger partial charge in [0.2, 0.25) is 5.76 Å². The highest BCUT2D eigenvalue weighted by molar-refractivity contribution is 5.84. The number of alkyl halides is 3. The number of benzene rings is 2. The summed E-state index contributed by atoms with van der Waals surface area (Å²) in [5.74, 6) is -0.743. The van der Waals surface area contributed by atoms with Crippen molar-refractivity contribution in [3.8, 4) is 0 Å². The largest absolute Gasteiger partial charge is 0.475 e. The van der Waals surface area contributed by atoms with Gasteiger partial charge in [-0.3, -0.25) is 0 Å². The summed E-state index contributed by atoms with van der Waals surface area (Å²) >= 11 is 0. The lowest BCUT2D eigenvalue weighted by Crippen LogP contribution is -2.07. The number of carboxylic acids is 1. The molecule has 0 amide bonds. The summed E-state index contributed by atoms with van der Waals surface area (Å²) < 4.78 is 41.8. The van der Waals surface area contributed by atoms with Crippen molar-refractivity contribution in [2.24, 2.45) is 11.7 Å². The standard InChI is InChI=1S/C11H14F3N.C7H10N2.C5H4O3/c1-7(2)3-8-4-9(11(12,13)14)6-10(15)5-8;8-5-6-1-3-7(9)4-2-6;6-5(7)4-2-1-3-8-4/h4-7H,3,15H2,1-2H3;1-4H,5,8-9H2;1-3H,(H,6,7). The number of carbonyl (C=O) groups is 1. The van der Waals surface area contributed by atoms with Gasteiger partial charge in [0.25, 0.3) is 0 Å². The summed E-state index contributed by atoms with van der Waals surface area (Å²) in [5.41, 5.74) is 18.3. The number of halogens is 3. The first-order valence-electron chi connectivity index (χ1n) is 9.70. The Morgan fingerprint density at radius 2 is 1.62 bits per heavy atom. The van der Waals surface area contributed by atoms with Crippen LogP contribution in [-0.2, 0) is 19.1 Å². The van der Waals surface area contributed by atoms with Gasteiger partial charge < -0.3 is 26.7 Å². The Morgan fingerprint density at radius 3 is 2.03 bits per heavy atom. The molecule has 3 rings (SSSR count). The van der Waals surface area contributed by atoms with Gasteiger partial charge in [0, 0.05) is 17.9 Å². The lowest BCUT2D eigenvalue weighted by atomic mass is 10.00. The predicted octanol–water partition coefficient (Wildman–Crippen LogP) is 5.19. The average molecular weight is 451 g/mol. The topological polar surface area (TPSA) is 128 Å². The second-order valence-electron chi connectivity index (χ2n) is 7.29. The molecule has 2 aromatic carbocycles. The molecule has 0 aliphatic carbocycles. The molecule has 1 heterocycles. The molecule has 0 saturated carbocycles. The molecule has 1 aromatic heterocycles. The van der Waals surface area contributed by atoms with E-state index in [4.69, 9.17) is 22.3 Å². The Labute approximate surface area is 184 Å². The fraction of sp³-hybridized carbons (Fsp3) is 0.261. The van der Waals surface area contributed by atoms with E-state index in [2.05, 4.69) is 4.42 Å². The molecule has 0 radical (unpaired) electrons. The van der Waals surface area contributed by atoms with Crippen LogP contribution in [0.5, 0.6) is 0 Å². The normalized spacial score (nSPS) is 10.6. The van der Waals surface area contributed by atoms with E-state index in [9.17, 15) is 18.0 Å². The van der Waals surface area contributed by atoms with Crippen molar-refractivity contribution in [1.82, 2.24) is 0 Å². The number of nitrogens with two attached hydrogens (primary N) is 3. The SMILES string of the molecule is CC(C)Cc1cc(N)cc(C(F)(F)F)c1.NCc1ccc(N)cc1.O=C(O)c1ccco1. The van der Waals surface area contributed by atoms with Crippen LogP contribution >= 0.6 is 0 Å². The van der Waals surface area contributed by atoms with Crippen LogP contribution in [0.4, 0.5) is 24.5 Å². The molecule has 0 aliphatic heterocycles. The van der Waals surface area contributed by atoms with Gasteiger partial charge in [-0.25, -0.2) is 4.79 Å². The third-order valence-electron chi connectivity index (χ3n) is 3.93. The van der Waals surface area contributed by atoms with Crippen LogP contribution < -0.4 is 17.2 Å². The molecule has 0 saturated heterocycles. The van der Waals surface area contributed by atoms with Crippen molar-refractivity contribution >= 4 is 17.3 Å². The molecule has 3 aromatic rings. The first kappa shape index (κ1) is 26.6. The summed E-state index contributed by atoms with van der Waals surface area (Å²) in [6.07, 6.45) is -2.39. The number of aromatic carboxylic acids is 1. The van der Waals surface area contributed by atoms with Gasteiger partial charge in [-0.15, -0.1) is 0 Å². The number of hydrogen-bond donors (Lipinski definition) is 4. The zero-order valence-electron chi connectivity index (χ0n) is 17.9. The molecule has 6 nitrogen and oxygen atoms in total. The first-order valence-corrected chi connectivity index (χ1v) is 9.70. The molecule has 0 spiro atoms. The molecule has 0 unspecified atom stereocenters. The van der Waals surface area contributed by atoms with Crippen LogP contribution in [0.25, 0.3) is 0 Å². The molecule has 0 bridgehead atoms. The molecule has 0 fully saturated rings. The summed E-state index contributed by atoms with van der Waals surface area (Å²) in [6, 6.07) is 14.2. The maximum absolute atomic E-state index is 12.4. The van der Waals surface area contributed by atoms with E-state index in [1.54, 1.807) is 6.07 Å². The summed E-state index contributed by atoms with van der Waals surface area (Å²) in [7, 11) is 0.